The largest absolute Gasteiger partial charge is 0.467 e. The van der Waals surface area contributed by atoms with E-state index in [1.807, 2.05) is 17.0 Å². The Balaban J connectivity index is 0.00000280. The summed E-state index contributed by atoms with van der Waals surface area (Å²) in [5, 5.41) is 5.86. The lowest BCUT2D eigenvalue weighted by Gasteiger charge is -2.37. The topological polar surface area (TPSA) is 73.1 Å². The minimum Gasteiger partial charge on any atom is -0.467 e. The fourth-order valence-corrected chi connectivity index (χ4v) is 3.02. The van der Waals surface area contributed by atoms with Crippen LogP contribution in [-0.2, 0) is 11.3 Å². The zero-order valence-electron chi connectivity index (χ0n) is 15.7. The quantitative estimate of drug-likeness (QED) is 0.373. The molecule has 152 valence electrons. The van der Waals surface area contributed by atoms with Gasteiger partial charge in [0.15, 0.2) is 5.96 Å². The highest BCUT2D eigenvalue weighted by molar-refractivity contribution is 14.0. The van der Waals surface area contributed by atoms with Gasteiger partial charge in [0.2, 0.25) is 5.91 Å². The molecule has 0 bridgehead atoms. The molecule has 1 aromatic heterocycles. The van der Waals surface area contributed by atoms with E-state index in [1.165, 1.54) is 6.07 Å². The first kappa shape index (κ1) is 22.0. The Labute approximate surface area is 181 Å². The summed E-state index contributed by atoms with van der Waals surface area (Å²) in [5.74, 6) is 1.02. The first-order valence-electron chi connectivity index (χ1n) is 8.91. The molecule has 1 fully saturated rings. The van der Waals surface area contributed by atoms with Gasteiger partial charge in [-0.15, -0.1) is 24.0 Å². The first-order chi connectivity index (χ1) is 13.2. The Morgan fingerprint density at radius 3 is 2.54 bits per heavy atom. The molecule has 0 saturated carbocycles. The zero-order chi connectivity index (χ0) is 19.1. The van der Waals surface area contributed by atoms with E-state index in [0.717, 1.165) is 0 Å². The summed E-state index contributed by atoms with van der Waals surface area (Å²) in [6, 6.07) is 10.4. The van der Waals surface area contributed by atoms with E-state index in [4.69, 9.17) is 4.42 Å². The molecule has 3 rings (SSSR count). The summed E-state index contributed by atoms with van der Waals surface area (Å²) in [7, 11) is 1.69. The average molecular weight is 501 g/mol. The second kappa shape index (κ2) is 10.9. The Morgan fingerprint density at radius 2 is 1.89 bits per heavy atom. The highest BCUT2D eigenvalue weighted by Gasteiger charge is 2.21. The molecule has 1 aliphatic rings. The maximum atomic E-state index is 13.9. The molecular formula is C19H25FIN5O2. The monoisotopic (exact) mass is 501 g/mol. The van der Waals surface area contributed by atoms with Crippen LogP contribution in [0.5, 0.6) is 0 Å². The van der Waals surface area contributed by atoms with Crippen LogP contribution in [0.1, 0.15) is 5.76 Å². The maximum absolute atomic E-state index is 13.9. The number of hydrogen-bond acceptors (Lipinski definition) is 4. The van der Waals surface area contributed by atoms with E-state index in [9.17, 15) is 9.18 Å². The van der Waals surface area contributed by atoms with Crippen molar-refractivity contribution in [1.82, 2.24) is 15.5 Å². The minimum absolute atomic E-state index is 0. The SMILES string of the molecule is CN=C(NCC(=O)NCc1ccco1)N1CCN(c2ccccc2F)CC1.I. The van der Waals surface area contributed by atoms with E-state index < -0.39 is 0 Å². The number of guanidine groups is 1. The molecule has 2 heterocycles. The number of halogens is 2. The van der Waals surface area contributed by atoms with Gasteiger partial charge in [-0.25, -0.2) is 4.39 Å². The molecule has 2 N–H and O–H groups in total. The average Bonchev–Trinajstić information content (AvgIpc) is 3.21. The molecule has 1 amide bonds. The van der Waals surface area contributed by atoms with Gasteiger partial charge in [-0.05, 0) is 24.3 Å². The van der Waals surface area contributed by atoms with Crippen molar-refractivity contribution in [2.24, 2.45) is 4.99 Å². The van der Waals surface area contributed by atoms with Gasteiger partial charge in [0.05, 0.1) is 25.0 Å². The third-order valence-corrected chi connectivity index (χ3v) is 4.43. The van der Waals surface area contributed by atoms with Crippen LogP contribution >= 0.6 is 24.0 Å². The molecule has 0 radical (unpaired) electrons. The molecular weight excluding hydrogens is 476 g/mol. The van der Waals surface area contributed by atoms with Crippen LogP contribution in [0.4, 0.5) is 10.1 Å². The number of amides is 1. The van der Waals surface area contributed by atoms with Crippen LogP contribution in [-0.4, -0.2) is 56.5 Å². The molecule has 1 aliphatic heterocycles. The zero-order valence-corrected chi connectivity index (χ0v) is 18.1. The number of anilines is 1. The van der Waals surface area contributed by atoms with Crippen molar-refractivity contribution in [1.29, 1.82) is 0 Å². The van der Waals surface area contributed by atoms with Gasteiger partial charge < -0.3 is 24.9 Å². The molecule has 9 heteroatoms. The Kier molecular flexibility index (Phi) is 8.55. The predicted molar refractivity (Wildman–Crippen MR) is 118 cm³/mol. The van der Waals surface area contributed by atoms with Gasteiger partial charge >= 0.3 is 0 Å². The number of nitrogens with one attached hydrogen (secondary N) is 2. The van der Waals surface area contributed by atoms with Crippen molar-refractivity contribution in [3.63, 3.8) is 0 Å². The maximum Gasteiger partial charge on any atom is 0.239 e. The second-order valence-electron chi connectivity index (χ2n) is 6.18. The molecule has 28 heavy (non-hydrogen) atoms. The van der Waals surface area contributed by atoms with Crippen molar-refractivity contribution >= 4 is 41.5 Å². The molecule has 1 saturated heterocycles. The molecule has 0 unspecified atom stereocenters. The van der Waals surface area contributed by atoms with Gasteiger partial charge in [-0.1, -0.05) is 12.1 Å². The van der Waals surface area contributed by atoms with E-state index in [0.29, 0.717) is 50.1 Å². The summed E-state index contributed by atoms with van der Waals surface area (Å²) in [5.41, 5.74) is 0.623. The molecule has 0 aliphatic carbocycles. The number of piperazine rings is 1. The van der Waals surface area contributed by atoms with Gasteiger partial charge in [-0.2, -0.15) is 0 Å². The number of hydrogen-bond donors (Lipinski definition) is 2. The van der Waals surface area contributed by atoms with Crippen LogP contribution in [0, 0.1) is 5.82 Å². The Hall–Kier alpha value is -2.30. The Morgan fingerprint density at radius 1 is 1.14 bits per heavy atom. The van der Waals surface area contributed by atoms with E-state index >= 15 is 0 Å². The summed E-state index contributed by atoms with van der Waals surface area (Å²) in [6.07, 6.45) is 1.57. The summed E-state index contributed by atoms with van der Waals surface area (Å²) >= 11 is 0. The molecule has 2 aromatic rings. The number of nitrogens with zero attached hydrogens (tertiary/aromatic N) is 3. The van der Waals surface area contributed by atoms with Crippen molar-refractivity contribution < 1.29 is 13.6 Å². The van der Waals surface area contributed by atoms with E-state index in [1.54, 1.807) is 31.5 Å². The first-order valence-corrected chi connectivity index (χ1v) is 8.91. The second-order valence-corrected chi connectivity index (χ2v) is 6.18. The van der Waals surface area contributed by atoms with Gasteiger partial charge in [-0.3, -0.25) is 9.79 Å². The lowest BCUT2D eigenvalue weighted by molar-refractivity contribution is -0.120. The summed E-state index contributed by atoms with van der Waals surface area (Å²) in [4.78, 5) is 20.3. The van der Waals surface area contributed by atoms with E-state index in [-0.39, 0.29) is 42.2 Å². The lowest BCUT2D eigenvalue weighted by atomic mass is 10.2. The van der Waals surface area contributed by atoms with Gasteiger partial charge in [0.1, 0.15) is 11.6 Å². The van der Waals surface area contributed by atoms with Crippen molar-refractivity contribution in [3.05, 3.63) is 54.2 Å². The van der Waals surface area contributed by atoms with Crippen LogP contribution in [0.25, 0.3) is 0 Å². The Bertz CT molecular complexity index is 776. The normalized spacial score (nSPS) is 14.4. The summed E-state index contributed by atoms with van der Waals surface area (Å²) in [6.45, 7) is 3.25. The fraction of sp³-hybridized carbons (Fsp3) is 0.368. The van der Waals surface area contributed by atoms with E-state index in [2.05, 4.69) is 20.5 Å². The summed E-state index contributed by atoms with van der Waals surface area (Å²) < 4.78 is 19.1. The highest BCUT2D eigenvalue weighted by atomic mass is 127. The standard InChI is InChI=1S/C19H24FN5O2.HI/c1-21-19(23-14-18(26)22-13-15-5-4-12-27-15)25-10-8-24(9-11-25)17-7-3-2-6-16(17)20;/h2-7,12H,8-11,13-14H2,1H3,(H,21,23)(H,22,26);1H. The third-order valence-electron chi connectivity index (χ3n) is 4.43. The van der Waals surface area contributed by atoms with Crippen LogP contribution in [0.15, 0.2) is 52.1 Å². The molecule has 0 atom stereocenters. The number of aliphatic imine (C=N–C) groups is 1. The van der Waals surface area contributed by atoms with Gasteiger partial charge in [0, 0.05) is 33.2 Å². The molecule has 7 nitrogen and oxygen atoms in total. The van der Waals surface area contributed by atoms with Crippen molar-refractivity contribution in [3.8, 4) is 0 Å². The highest BCUT2D eigenvalue weighted by Crippen LogP contribution is 2.20. The molecule has 0 spiro atoms. The minimum atomic E-state index is -0.207. The smallest absolute Gasteiger partial charge is 0.239 e. The number of furan rings is 1. The number of rotatable bonds is 5. The van der Waals surface area contributed by atoms with Crippen molar-refractivity contribution in [2.75, 3.05) is 44.7 Å². The number of benzene rings is 1. The number of para-hydroxylation sites is 1. The van der Waals surface area contributed by atoms with Crippen molar-refractivity contribution in [2.45, 2.75) is 6.54 Å². The van der Waals surface area contributed by atoms with Crippen LogP contribution < -0.4 is 15.5 Å². The van der Waals surface area contributed by atoms with Crippen LogP contribution in [0.3, 0.4) is 0 Å². The molecule has 1 aromatic carbocycles. The number of carbonyl (C=O) groups excluding carboxylic acids is 1. The number of carbonyl (C=O) groups is 1. The third kappa shape index (κ3) is 5.85. The predicted octanol–water partition coefficient (Wildman–Crippen LogP) is 2.05. The lowest BCUT2D eigenvalue weighted by Crippen LogP contribution is -2.53. The van der Waals surface area contributed by atoms with Gasteiger partial charge in [0.25, 0.3) is 0 Å². The van der Waals surface area contributed by atoms with Crippen LogP contribution in [0.2, 0.25) is 0 Å². The fourth-order valence-electron chi connectivity index (χ4n) is 3.02.